The largest absolute Gasteiger partial charge is 0.493 e. The van der Waals surface area contributed by atoms with Crippen LogP contribution in [-0.4, -0.2) is 25.3 Å². The lowest BCUT2D eigenvalue weighted by molar-refractivity contribution is -0.130. The first-order valence-corrected chi connectivity index (χ1v) is 6.48. The van der Waals surface area contributed by atoms with Crippen molar-refractivity contribution in [3.05, 3.63) is 59.4 Å². The first-order valence-electron chi connectivity index (χ1n) is 6.48. The number of halogens is 1. The molecule has 2 aromatic rings. The Morgan fingerprint density at radius 3 is 2.23 bits per heavy atom. The van der Waals surface area contributed by atoms with E-state index in [-0.39, 0.29) is 11.4 Å². The van der Waals surface area contributed by atoms with Gasteiger partial charge in [-0.15, -0.1) is 0 Å². The number of rotatable bonds is 5. The zero-order valence-electron chi connectivity index (χ0n) is 12.2. The lowest BCUT2D eigenvalue weighted by Crippen LogP contribution is -2.01. The molecule has 0 aromatic heterocycles. The third-order valence-corrected chi connectivity index (χ3v) is 3.11. The molecule has 0 saturated heterocycles. The molecule has 4 nitrogen and oxygen atoms in total. The maximum Gasteiger partial charge on any atom is 0.336 e. The van der Waals surface area contributed by atoms with E-state index in [1.54, 1.807) is 18.2 Å². The van der Waals surface area contributed by atoms with Gasteiger partial charge in [-0.3, -0.25) is 0 Å². The number of benzene rings is 2. The molecule has 0 unspecified atom stereocenters. The molecule has 0 amide bonds. The Morgan fingerprint density at radius 1 is 1.05 bits per heavy atom. The maximum absolute atomic E-state index is 12.9. The van der Waals surface area contributed by atoms with Gasteiger partial charge in [0, 0.05) is 0 Å². The highest BCUT2D eigenvalue weighted by Crippen LogP contribution is 2.31. The fourth-order valence-corrected chi connectivity index (χ4v) is 2.00. The first kappa shape index (κ1) is 15.6. The van der Waals surface area contributed by atoms with Crippen LogP contribution in [-0.2, 0) is 4.79 Å². The number of carboxylic acid groups (broad SMARTS) is 1. The molecule has 114 valence electrons. The Hall–Kier alpha value is -2.82. The first-order chi connectivity index (χ1) is 10.5. The summed E-state index contributed by atoms with van der Waals surface area (Å²) >= 11 is 0. The van der Waals surface area contributed by atoms with Gasteiger partial charge in [0.2, 0.25) is 0 Å². The molecule has 2 aromatic carbocycles. The molecule has 0 aliphatic carbocycles. The zero-order chi connectivity index (χ0) is 16.1. The maximum atomic E-state index is 12.9. The summed E-state index contributed by atoms with van der Waals surface area (Å²) in [4.78, 5) is 11.5. The number of hydrogen-bond acceptors (Lipinski definition) is 3. The minimum Gasteiger partial charge on any atom is -0.493 e. The topological polar surface area (TPSA) is 55.8 Å². The van der Waals surface area contributed by atoms with Crippen LogP contribution in [0.5, 0.6) is 11.5 Å². The van der Waals surface area contributed by atoms with Crippen molar-refractivity contribution >= 4 is 17.6 Å². The Bertz CT molecular complexity index is 705. The predicted molar refractivity (Wildman–Crippen MR) is 81.5 cm³/mol. The normalized spacial score (nSPS) is 11.1. The molecule has 5 heteroatoms. The van der Waals surface area contributed by atoms with Crippen LogP contribution >= 0.6 is 0 Å². The number of hydrogen-bond donors (Lipinski definition) is 1. The number of methoxy groups -OCH3 is 2. The van der Waals surface area contributed by atoms with Crippen LogP contribution in [0.15, 0.2) is 42.5 Å². The highest BCUT2D eigenvalue weighted by molar-refractivity contribution is 6.20. The van der Waals surface area contributed by atoms with E-state index < -0.39 is 5.97 Å². The van der Waals surface area contributed by atoms with Crippen molar-refractivity contribution in [2.75, 3.05) is 14.2 Å². The summed E-state index contributed by atoms with van der Waals surface area (Å²) in [6.07, 6.45) is 1.48. The van der Waals surface area contributed by atoms with Crippen LogP contribution in [0.25, 0.3) is 11.6 Å². The summed E-state index contributed by atoms with van der Waals surface area (Å²) in [6.45, 7) is 0. The van der Waals surface area contributed by atoms with E-state index in [0.717, 1.165) is 0 Å². The van der Waals surface area contributed by atoms with Crippen molar-refractivity contribution < 1.29 is 23.8 Å². The lowest BCUT2D eigenvalue weighted by atomic mass is 10.0. The van der Waals surface area contributed by atoms with E-state index in [1.807, 2.05) is 0 Å². The average Bonchev–Trinajstić information content (AvgIpc) is 2.53. The van der Waals surface area contributed by atoms with E-state index in [9.17, 15) is 14.3 Å². The number of ether oxygens (including phenoxy) is 2. The molecule has 0 spiro atoms. The molecule has 22 heavy (non-hydrogen) atoms. The number of carboxylic acids is 1. The third-order valence-electron chi connectivity index (χ3n) is 3.11. The minimum absolute atomic E-state index is 0.0764. The Morgan fingerprint density at radius 2 is 1.68 bits per heavy atom. The highest BCUT2D eigenvalue weighted by atomic mass is 19.1. The molecule has 0 fully saturated rings. The van der Waals surface area contributed by atoms with Crippen molar-refractivity contribution in [3.8, 4) is 11.5 Å². The molecule has 0 atom stereocenters. The Kier molecular flexibility index (Phi) is 4.78. The molecule has 0 saturated carbocycles. The molecule has 0 heterocycles. The lowest BCUT2D eigenvalue weighted by Gasteiger charge is -2.10. The molecular weight excluding hydrogens is 287 g/mol. The van der Waals surface area contributed by atoms with Crippen LogP contribution in [0.4, 0.5) is 4.39 Å². The molecule has 0 aliphatic rings. The monoisotopic (exact) mass is 302 g/mol. The Labute approximate surface area is 127 Å². The molecule has 2 rings (SSSR count). The van der Waals surface area contributed by atoms with Gasteiger partial charge in [0.1, 0.15) is 5.82 Å². The fraction of sp³-hybridized carbons (Fsp3) is 0.118. The molecular formula is C17H15FO4. The van der Waals surface area contributed by atoms with E-state index in [4.69, 9.17) is 9.47 Å². The Balaban J connectivity index is 2.48. The standard InChI is InChI=1S/C17H15FO4/c1-21-15-8-5-12(10-16(15)22-2)14(17(19)20)9-11-3-6-13(18)7-4-11/h3-10H,1-2H3,(H,19,20)/b14-9-. The van der Waals surface area contributed by atoms with Crippen LogP contribution in [0, 0.1) is 5.82 Å². The van der Waals surface area contributed by atoms with E-state index in [1.165, 1.54) is 44.6 Å². The van der Waals surface area contributed by atoms with Gasteiger partial charge in [-0.25, -0.2) is 9.18 Å². The van der Waals surface area contributed by atoms with Crippen molar-refractivity contribution in [3.63, 3.8) is 0 Å². The number of aliphatic carboxylic acids is 1. The summed E-state index contributed by atoms with van der Waals surface area (Å²) in [5.74, 6) is -0.513. The zero-order valence-corrected chi connectivity index (χ0v) is 12.2. The van der Waals surface area contributed by atoms with E-state index in [2.05, 4.69) is 0 Å². The molecule has 0 aliphatic heterocycles. The van der Waals surface area contributed by atoms with Crippen molar-refractivity contribution in [2.45, 2.75) is 0 Å². The van der Waals surface area contributed by atoms with Gasteiger partial charge >= 0.3 is 5.97 Å². The summed E-state index contributed by atoms with van der Waals surface area (Å²) in [6, 6.07) is 10.4. The van der Waals surface area contributed by atoms with Crippen molar-refractivity contribution in [1.82, 2.24) is 0 Å². The van der Waals surface area contributed by atoms with Gasteiger partial charge in [-0.05, 0) is 41.5 Å². The summed E-state index contributed by atoms with van der Waals surface area (Å²) in [5, 5.41) is 9.42. The van der Waals surface area contributed by atoms with Gasteiger partial charge in [0.25, 0.3) is 0 Å². The fourth-order valence-electron chi connectivity index (χ4n) is 2.00. The molecule has 0 bridgehead atoms. The van der Waals surface area contributed by atoms with E-state index >= 15 is 0 Å². The molecule has 0 radical (unpaired) electrons. The van der Waals surface area contributed by atoms with Crippen LogP contribution in [0.2, 0.25) is 0 Å². The summed E-state index contributed by atoms with van der Waals surface area (Å²) in [5.41, 5.74) is 1.13. The van der Waals surface area contributed by atoms with Gasteiger partial charge in [-0.2, -0.15) is 0 Å². The van der Waals surface area contributed by atoms with Crippen LogP contribution < -0.4 is 9.47 Å². The van der Waals surface area contributed by atoms with Crippen LogP contribution in [0.3, 0.4) is 0 Å². The highest BCUT2D eigenvalue weighted by Gasteiger charge is 2.14. The number of carbonyl (C=O) groups is 1. The van der Waals surface area contributed by atoms with Gasteiger partial charge in [-0.1, -0.05) is 18.2 Å². The van der Waals surface area contributed by atoms with Gasteiger partial charge in [0.05, 0.1) is 19.8 Å². The smallest absolute Gasteiger partial charge is 0.336 e. The van der Waals surface area contributed by atoms with Crippen molar-refractivity contribution in [2.24, 2.45) is 0 Å². The average molecular weight is 302 g/mol. The van der Waals surface area contributed by atoms with Gasteiger partial charge < -0.3 is 14.6 Å². The SMILES string of the molecule is COc1ccc(/C(=C/c2ccc(F)cc2)C(=O)O)cc1OC. The van der Waals surface area contributed by atoms with E-state index in [0.29, 0.717) is 22.6 Å². The predicted octanol–water partition coefficient (Wildman–Crippen LogP) is 3.47. The second kappa shape index (κ2) is 6.76. The second-order valence-electron chi connectivity index (χ2n) is 4.48. The van der Waals surface area contributed by atoms with Crippen molar-refractivity contribution in [1.29, 1.82) is 0 Å². The molecule has 1 N–H and O–H groups in total. The van der Waals surface area contributed by atoms with Crippen LogP contribution in [0.1, 0.15) is 11.1 Å². The quantitative estimate of drug-likeness (QED) is 0.679. The summed E-state index contributed by atoms with van der Waals surface area (Å²) in [7, 11) is 2.98. The van der Waals surface area contributed by atoms with Gasteiger partial charge in [0.15, 0.2) is 11.5 Å². The third kappa shape index (κ3) is 3.44. The summed E-state index contributed by atoms with van der Waals surface area (Å²) < 4.78 is 23.2. The second-order valence-corrected chi connectivity index (χ2v) is 4.48. The minimum atomic E-state index is -1.09.